The normalized spacial score (nSPS) is 17.6. The summed E-state index contributed by atoms with van der Waals surface area (Å²) < 4.78 is 40.3. The Balaban J connectivity index is 1.31. The molecule has 4 bridgehead atoms. The minimum Gasteiger partial charge on any atom is -0.490 e. The van der Waals surface area contributed by atoms with Crippen molar-refractivity contribution in [2.75, 3.05) is 46.4 Å². The molecule has 10 nitrogen and oxygen atoms in total. The van der Waals surface area contributed by atoms with Crippen molar-refractivity contribution in [3.05, 3.63) is 117 Å². The molecule has 4 aromatic carbocycles. The van der Waals surface area contributed by atoms with E-state index in [-0.39, 0.29) is 31.3 Å². The van der Waals surface area contributed by atoms with Crippen LogP contribution in [0.1, 0.15) is 22.3 Å². The number of carboxylic acid groups (broad SMARTS) is 1. The summed E-state index contributed by atoms with van der Waals surface area (Å²) in [5, 5.41) is 11.8. The molecule has 0 amide bonds. The van der Waals surface area contributed by atoms with Gasteiger partial charge in [-0.1, -0.05) is 65.7 Å². The average Bonchev–Trinajstić information content (AvgIpc) is 3.61. The number of piperazine rings is 1. The number of hydrogen-bond donors (Lipinski definition) is 1. The zero-order valence-electron chi connectivity index (χ0n) is 32.1. The summed E-state index contributed by atoms with van der Waals surface area (Å²) in [6.07, 6.45) is -0.649. The number of likely N-dealkylation sites (N-methyl/N-ethyl adjacent to an activating group) is 1. The molecular formula is C44H41Cl2FN4O6S. The third-order valence-electron chi connectivity index (χ3n) is 10.6. The molecule has 0 radical (unpaired) electrons. The number of aromatic nitrogens is 2. The molecule has 2 aromatic heterocycles. The monoisotopic (exact) mass is 842 g/mol. The Morgan fingerprint density at radius 3 is 2.38 bits per heavy atom. The van der Waals surface area contributed by atoms with Gasteiger partial charge in [-0.2, -0.15) is 0 Å². The van der Waals surface area contributed by atoms with Gasteiger partial charge in [0.05, 0.1) is 15.4 Å². The number of hydrogen-bond acceptors (Lipinski definition) is 10. The van der Waals surface area contributed by atoms with Crippen molar-refractivity contribution < 1.29 is 33.2 Å². The largest absolute Gasteiger partial charge is 0.490 e. The van der Waals surface area contributed by atoms with Crippen LogP contribution in [0.5, 0.6) is 23.1 Å². The molecule has 0 unspecified atom stereocenters. The molecular weight excluding hydrogens is 802 g/mol. The summed E-state index contributed by atoms with van der Waals surface area (Å²) in [5.41, 5.74) is 4.87. The van der Waals surface area contributed by atoms with Crippen molar-refractivity contribution in [2.45, 2.75) is 39.1 Å². The van der Waals surface area contributed by atoms with E-state index < -0.39 is 18.2 Å². The molecule has 14 heteroatoms. The van der Waals surface area contributed by atoms with Crippen LogP contribution in [0.25, 0.3) is 31.8 Å². The fourth-order valence-electron chi connectivity index (χ4n) is 7.45. The Morgan fingerprint density at radius 1 is 0.948 bits per heavy atom. The maximum atomic E-state index is 14.3. The van der Waals surface area contributed by atoms with E-state index in [4.69, 9.17) is 42.1 Å². The highest BCUT2D eigenvalue weighted by atomic mass is 35.5. The molecule has 300 valence electrons. The van der Waals surface area contributed by atoms with Gasteiger partial charge in [0.25, 0.3) is 0 Å². The van der Waals surface area contributed by atoms with E-state index in [1.165, 1.54) is 29.8 Å². The van der Waals surface area contributed by atoms with E-state index in [1.807, 2.05) is 44.2 Å². The molecule has 3 aliphatic rings. The first-order valence-corrected chi connectivity index (χ1v) is 20.5. The first-order valence-electron chi connectivity index (χ1n) is 19.0. The van der Waals surface area contributed by atoms with Crippen LogP contribution in [0.3, 0.4) is 0 Å². The molecule has 1 fully saturated rings. The summed E-state index contributed by atoms with van der Waals surface area (Å²) in [7, 11) is 2.11. The SMILES string of the molecule is Cc1c(Cl)c2c(Cl)c(C)c1-c1c(-c3ccc(F)cc3)sc3ncnc(c13)O[C@@H](C(=O)O)Cc1cc(ccc1OCc1ccccc1)OC[C@@H](CN1CCN(C)CC1)O2. The predicted octanol–water partition coefficient (Wildman–Crippen LogP) is 9.13. The topological polar surface area (TPSA) is 106 Å². The molecule has 2 atom stereocenters. The highest BCUT2D eigenvalue weighted by molar-refractivity contribution is 7.22. The van der Waals surface area contributed by atoms with Crippen molar-refractivity contribution in [3.8, 4) is 44.7 Å². The van der Waals surface area contributed by atoms with Crippen LogP contribution in [0, 0.1) is 19.7 Å². The van der Waals surface area contributed by atoms with Crippen LogP contribution < -0.4 is 18.9 Å². The number of rotatable bonds is 7. The van der Waals surface area contributed by atoms with Gasteiger partial charge in [-0.15, -0.1) is 11.3 Å². The van der Waals surface area contributed by atoms with Crippen molar-refractivity contribution in [1.82, 2.24) is 19.8 Å². The lowest BCUT2D eigenvalue weighted by atomic mass is 9.92. The Bertz CT molecular complexity index is 2430. The Hall–Kier alpha value is -4.98. The summed E-state index contributed by atoms with van der Waals surface area (Å²) >= 11 is 15.9. The zero-order chi connectivity index (χ0) is 40.5. The molecule has 6 aromatic rings. The maximum Gasteiger partial charge on any atom is 0.345 e. The van der Waals surface area contributed by atoms with E-state index in [1.54, 1.807) is 30.3 Å². The Morgan fingerprint density at radius 2 is 1.67 bits per heavy atom. The molecule has 0 aliphatic carbocycles. The van der Waals surface area contributed by atoms with Gasteiger partial charge in [0.15, 0.2) is 5.75 Å². The first-order chi connectivity index (χ1) is 28.0. The van der Waals surface area contributed by atoms with Gasteiger partial charge >= 0.3 is 5.97 Å². The molecule has 5 heterocycles. The smallest absolute Gasteiger partial charge is 0.345 e. The van der Waals surface area contributed by atoms with E-state index >= 15 is 0 Å². The number of ether oxygens (including phenoxy) is 4. The number of nitrogens with zero attached hydrogens (tertiary/aromatic N) is 4. The van der Waals surface area contributed by atoms with E-state index in [0.717, 1.165) is 36.6 Å². The second-order valence-corrected chi connectivity index (χ2v) is 16.4. The van der Waals surface area contributed by atoms with Crippen LogP contribution in [0.15, 0.2) is 79.1 Å². The third-order valence-corrected chi connectivity index (χ3v) is 12.7. The van der Waals surface area contributed by atoms with Crippen LogP contribution >= 0.6 is 34.5 Å². The van der Waals surface area contributed by atoms with Gasteiger partial charge < -0.3 is 29.0 Å². The van der Waals surface area contributed by atoms with Gasteiger partial charge in [0.2, 0.25) is 12.0 Å². The van der Waals surface area contributed by atoms with Crippen molar-refractivity contribution in [3.63, 3.8) is 0 Å². The highest BCUT2D eigenvalue weighted by Crippen LogP contribution is 2.53. The summed E-state index contributed by atoms with van der Waals surface area (Å²) in [6, 6.07) is 21.2. The first kappa shape index (κ1) is 39.8. The second kappa shape index (κ2) is 17.1. The van der Waals surface area contributed by atoms with Crippen LogP contribution in [0.4, 0.5) is 4.39 Å². The number of carbonyl (C=O) groups is 1. The van der Waals surface area contributed by atoms with Crippen molar-refractivity contribution in [1.29, 1.82) is 0 Å². The lowest BCUT2D eigenvalue weighted by molar-refractivity contribution is -0.145. The summed E-state index contributed by atoms with van der Waals surface area (Å²) in [4.78, 5) is 28.1. The van der Waals surface area contributed by atoms with E-state index in [9.17, 15) is 14.3 Å². The number of halogens is 3. The second-order valence-electron chi connectivity index (χ2n) is 14.6. The number of thiophene rings is 1. The lowest BCUT2D eigenvalue weighted by Gasteiger charge is -2.35. The van der Waals surface area contributed by atoms with Crippen molar-refractivity contribution in [2.24, 2.45) is 0 Å². The van der Waals surface area contributed by atoms with Gasteiger partial charge in [-0.3, -0.25) is 4.90 Å². The number of benzene rings is 4. The molecule has 1 N–H and O–H groups in total. The van der Waals surface area contributed by atoms with Gasteiger partial charge in [-0.05, 0) is 79.0 Å². The third kappa shape index (κ3) is 8.30. The van der Waals surface area contributed by atoms with Crippen molar-refractivity contribution >= 4 is 50.7 Å². The summed E-state index contributed by atoms with van der Waals surface area (Å²) in [6.45, 7) is 8.26. The van der Waals surface area contributed by atoms with Gasteiger partial charge in [0.1, 0.15) is 47.8 Å². The summed E-state index contributed by atoms with van der Waals surface area (Å²) in [5.74, 6) is -0.220. The lowest BCUT2D eigenvalue weighted by Crippen LogP contribution is -2.49. The number of carboxylic acids is 1. The highest BCUT2D eigenvalue weighted by Gasteiger charge is 2.32. The average molecular weight is 844 g/mol. The van der Waals surface area contributed by atoms with Crippen LogP contribution in [-0.2, 0) is 17.8 Å². The van der Waals surface area contributed by atoms with Crippen LogP contribution in [0.2, 0.25) is 10.0 Å². The van der Waals surface area contributed by atoms with Crippen LogP contribution in [-0.4, -0.2) is 89.4 Å². The van der Waals surface area contributed by atoms with E-state index in [2.05, 4.69) is 26.8 Å². The molecule has 0 saturated carbocycles. The maximum absolute atomic E-state index is 14.3. The minimum atomic E-state index is -1.41. The predicted molar refractivity (Wildman–Crippen MR) is 225 cm³/mol. The minimum absolute atomic E-state index is 0.0547. The fourth-order valence-corrected chi connectivity index (χ4v) is 9.11. The standard InChI is InChI=1S/C44H41Cl2FN4O6S/c1-25-35-26(2)39(46)40(38(25)45)56-32(21-51-17-15-50(3)16-18-51)23-54-31-13-14-33(55-22-27-7-5-4-6-8-27)29(19-31)20-34(44(52)53)57-42-37-36(35)41(58-43(37)49-24-48-42)28-9-11-30(47)12-10-28/h4-14,19,24,32,34H,15-18,20-23H2,1-3H3,(H,52,53)/t32-,34-/m1/s1. The Labute approximate surface area is 349 Å². The van der Waals surface area contributed by atoms with Gasteiger partial charge in [0, 0.05) is 55.1 Å². The Kier molecular flexibility index (Phi) is 11.7. The molecule has 0 spiro atoms. The number of fused-ring (bicyclic) bond motifs is 7. The molecule has 3 aliphatic heterocycles. The van der Waals surface area contributed by atoms with E-state index in [0.29, 0.717) is 77.4 Å². The fraction of sp³-hybridized carbons (Fsp3) is 0.295. The molecule has 1 saturated heterocycles. The molecule has 9 rings (SSSR count). The number of aliphatic carboxylic acids is 1. The van der Waals surface area contributed by atoms with Gasteiger partial charge in [-0.25, -0.2) is 19.2 Å². The quantitative estimate of drug-likeness (QED) is 0.167. The zero-order valence-corrected chi connectivity index (χ0v) is 34.5. The molecule has 58 heavy (non-hydrogen) atoms.